The summed E-state index contributed by atoms with van der Waals surface area (Å²) in [5.74, 6) is 0.393. The van der Waals surface area contributed by atoms with Crippen LogP contribution >= 0.6 is 0 Å². The number of carbonyl (C=O) groups excluding carboxylic acids is 2. The molecule has 5 rings (SSSR count). The number of non-ortho nitro benzene ring substituents is 1. The highest BCUT2D eigenvalue weighted by Gasteiger charge is 2.39. The summed E-state index contributed by atoms with van der Waals surface area (Å²) >= 11 is 0. The lowest BCUT2D eigenvalue weighted by Gasteiger charge is -2.46. The van der Waals surface area contributed by atoms with E-state index in [1.165, 1.54) is 12.1 Å². The molecule has 0 aliphatic carbocycles. The molecule has 2 amide bonds. The lowest BCUT2D eigenvalue weighted by Crippen LogP contribution is -2.48. The van der Waals surface area contributed by atoms with Crippen LogP contribution in [0.2, 0.25) is 0 Å². The average molecular weight is 579 g/mol. The predicted octanol–water partition coefficient (Wildman–Crippen LogP) is 6.11. The van der Waals surface area contributed by atoms with Crippen LogP contribution in [0.5, 0.6) is 5.75 Å². The van der Waals surface area contributed by atoms with Gasteiger partial charge in [0.2, 0.25) is 0 Å². The van der Waals surface area contributed by atoms with Gasteiger partial charge < -0.3 is 19.9 Å². The number of ether oxygens (including phenoxy) is 1. The Morgan fingerprint density at radius 1 is 0.884 bits per heavy atom. The van der Waals surface area contributed by atoms with E-state index in [-0.39, 0.29) is 29.7 Å². The topological polar surface area (TPSA) is 105 Å². The maximum Gasteiger partial charge on any atom is 0.270 e. The third-order valence-corrected chi connectivity index (χ3v) is 7.23. The molecule has 220 valence electrons. The number of hydrogen-bond donors (Lipinski definition) is 1. The highest BCUT2D eigenvalue weighted by Crippen LogP contribution is 2.42. The SMILES string of the molecule is CC(C)CNC(=O)COc1ccc([C@@H]2N(Cc3ccccc3)C(=O)c3cc([N+](=O)[O-])ccc3N2Cc2ccccc2)cc1. The van der Waals surface area contributed by atoms with E-state index >= 15 is 0 Å². The van der Waals surface area contributed by atoms with Gasteiger partial charge in [-0.2, -0.15) is 0 Å². The molecular formula is C34H34N4O5. The number of nitro benzene ring substituents is 1. The highest BCUT2D eigenvalue weighted by molar-refractivity contribution is 6.02. The molecule has 1 aliphatic rings. The third-order valence-electron chi connectivity index (χ3n) is 7.23. The molecule has 0 saturated carbocycles. The van der Waals surface area contributed by atoms with E-state index in [2.05, 4.69) is 10.2 Å². The first-order valence-electron chi connectivity index (χ1n) is 14.2. The van der Waals surface area contributed by atoms with Gasteiger partial charge in [0.1, 0.15) is 11.9 Å². The number of nitrogens with zero attached hydrogens (tertiary/aromatic N) is 3. The summed E-state index contributed by atoms with van der Waals surface area (Å²) in [6.45, 7) is 5.29. The molecule has 4 aromatic carbocycles. The summed E-state index contributed by atoms with van der Waals surface area (Å²) in [5.41, 5.74) is 3.56. The van der Waals surface area contributed by atoms with Gasteiger partial charge >= 0.3 is 0 Å². The molecule has 1 heterocycles. The summed E-state index contributed by atoms with van der Waals surface area (Å²) in [7, 11) is 0. The molecule has 0 aromatic heterocycles. The molecule has 0 spiro atoms. The quantitative estimate of drug-likeness (QED) is 0.170. The summed E-state index contributed by atoms with van der Waals surface area (Å²) in [4.78, 5) is 41.3. The zero-order valence-corrected chi connectivity index (χ0v) is 24.2. The third kappa shape index (κ3) is 7.01. The van der Waals surface area contributed by atoms with Crippen LogP contribution in [0.4, 0.5) is 11.4 Å². The molecule has 0 radical (unpaired) electrons. The van der Waals surface area contributed by atoms with Gasteiger partial charge in [0, 0.05) is 31.8 Å². The molecular weight excluding hydrogens is 544 g/mol. The molecule has 1 atom stereocenters. The van der Waals surface area contributed by atoms with Crippen molar-refractivity contribution in [1.82, 2.24) is 10.2 Å². The van der Waals surface area contributed by atoms with Crippen molar-refractivity contribution in [2.75, 3.05) is 18.1 Å². The predicted molar refractivity (Wildman–Crippen MR) is 165 cm³/mol. The first-order chi connectivity index (χ1) is 20.8. The normalized spacial score (nSPS) is 14.4. The fourth-order valence-electron chi connectivity index (χ4n) is 5.13. The highest BCUT2D eigenvalue weighted by atomic mass is 16.6. The number of anilines is 1. The van der Waals surface area contributed by atoms with Crippen LogP contribution < -0.4 is 15.0 Å². The van der Waals surface area contributed by atoms with E-state index < -0.39 is 11.1 Å². The summed E-state index contributed by atoms with van der Waals surface area (Å²) in [6.07, 6.45) is -0.523. The number of amides is 2. The second kappa shape index (κ2) is 13.2. The number of benzene rings is 4. The molecule has 0 bridgehead atoms. The fourth-order valence-corrected chi connectivity index (χ4v) is 5.13. The van der Waals surface area contributed by atoms with Gasteiger partial charge in [-0.05, 0) is 40.8 Å². The average Bonchev–Trinajstić information content (AvgIpc) is 3.02. The van der Waals surface area contributed by atoms with Crippen molar-refractivity contribution in [1.29, 1.82) is 0 Å². The molecule has 1 N–H and O–H groups in total. The molecule has 43 heavy (non-hydrogen) atoms. The molecule has 4 aromatic rings. The van der Waals surface area contributed by atoms with Crippen LogP contribution in [0, 0.1) is 16.0 Å². The monoisotopic (exact) mass is 578 g/mol. The van der Waals surface area contributed by atoms with E-state index in [9.17, 15) is 19.7 Å². The Morgan fingerprint density at radius 3 is 2.07 bits per heavy atom. The lowest BCUT2D eigenvalue weighted by atomic mass is 9.98. The Balaban J connectivity index is 1.53. The van der Waals surface area contributed by atoms with Crippen molar-refractivity contribution in [2.45, 2.75) is 33.1 Å². The Hall–Kier alpha value is -5.18. The fraction of sp³-hybridized carbons (Fsp3) is 0.235. The van der Waals surface area contributed by atoms with Crippen LogP contribution in [0.3, 0.4) is 0 Å². The number of hydrogen-bond acceptors (Lipinski definition) is 6. The van der Waals surface area contributed by atoms with Gasteiger partial charge in [0.25, 0.3) is 17.5 Å². The number of rotatable bonds is 11. The van der Waals surface area contributed by atoms with E-state index in [0.717, 1.165) is 16.7 Å². The summed E-state index contributed by atoms with van der Waals surface area (Å²) in [6, 6.07) is 31.4. The maximum absolute atomic E-state index is 14.1. The first-order valence-corrected chi connectivity index (χ1v) is 14.2. The Kier molecular flexibility index (Phi) is 9.00. The molecule has 0 unspecified atom stereocenters. The Morgan fingerprint density at radius 2 is 1.49 bits per heavy atom. The minimum absolute atomic E-state index is 0.0968. The number of carbonyl (C=O) groups is 2. The first kappa shape index (κ1) is 29.3. The van der Waals surface area contributed by atoms with Gasteiger partial charge in [0.15, 0.2) is 6.61 Å². The molecule has 9 heteroatoms. The van der Waals surface area contributed by atoms with Gasteiger partial charge in [-0.3, -0.25) is 19.7 Å². The zero-order chi connectivity index (χ0) is 30.3. The molecule has 9 nitrogen and oxygen atoms in total. The van der Waals surface area contributed by atoms with Crippen LogP contribution in [-0.2, 0) is 17.9 Å². The van der Waals surface area contributed by atoms with Gasteiger partial charge in [0.05, 0.1) is 16.2 Å². The van der Waals surface area contributed by atoms with Crippen molar-refractivity contribution in [3.63, 3.8) is 0 Å². The van der Waals surface area contributed by atoms with Crippen molar-refractivity contribution in [3.8, 4) is 5.75 Å². The largest absolute Gasteiger partial charge is 0.484 e. The number of nitrogens with one attached hydrogen (secondary N) is 1. The van der Waals surface area contributed by atoms with Crippen molar-refractivity contribution in [3.05, 3.63) is 135 Å². The lowest BCUT2D eigenvalue weighted by molar-refractivity contribution is -0.384. The van der Waals surface area contributed by atoms with Crippen molar-refractivity contribution >= 4 is 23.2 Å². The second-order valence-corrected chi connectivity index (χ2v) is 10.9. The van der Waals surface area contributed by atoms with Gasteiger partial charge in [-0.1, -0.05) is 86.6 Å². The second-order valence-electron chi connectivity index (χ2n) is 10.9. The van der Waals surface area contributed by atoms with Crippen LogP contribution in [0.15, 0.2) is 103 Å². The van der Waals surface area contributed by atoms with E-state index in [4.69, 9.17) is 4.74 Å². The summed E-state index contributed by atoms with van der Waals surface area (Å²) < 4.78 is 5.73. The Labute approximate surface area is 250 Å². The standard InChI is InChI=1S/C34H34N4O5/c1-24(2)20-35-32(39)23-43-29-16-13-27(14-17-29)33-36(21-25-9-5-3-6-10-25)31-18-15-28(38(41)42)19-30(31)34(40)37(33)22-26-11-7-4-8-12-26/h3-19,24,33H,20-23H2,1-2H3,(H,35,39)/t33-/m0/s1. The van der Waals surface area contributed by atoms with Crippen molar-refractivity contribution < 1.29 is 19.2 Å². The van der Waals surface area contributed by atoms with E-state index in [0.29, 0.717) is 37.0 Å². The maximum atomic E-state index is 14.1. The Bertz CT molecular complexity index is 1580. The van der Waals surface area contributed by atoms with Crippen LogP contribution in [0.25, 0.3) is 0 Å². The van der Waals surface area contributed by atoms with E-state index in [1.807, 2.05) is 86.6 Å². The number of nitro groups is 1. The van der Waals surface area contributed by atoms with Crippen LogP contribution in [-0.4, -0.2) is 34.8 Å². The summed E-state index contributed by atoms with van der Waals surface area (Å²) in [5, 5.41) is 14.5. The number of fused-ring (bicyclic) bond motifs is 1. The molecule has 0 fully saturated rings. The molecule has 0 saturated heterocycles. The smallest absolute Gasteiger partial charge is 0.270 e. The van der Waals surface area contributed by atoms with E-state index in [1.54, 1.807) is 23.1 Å². The molecule has 1 aliphatic heterocycles. The minimum Gasteiger partial charge on any atom is -0.484 e. The van der Waals surface area contributed by atoms with Gasteiger partial charge in [-0.15, -0.1) is 0 Å². The van der Waals surface area contributed by atoms with Crippen molar-refractivity contribution in [2.24, 2.45) is 5.92 Å². The van der Waals surface area contributed by atoms with Gasteiger partial charge in [-0.25, -0.2) is 0 Å². The van der Waals surface area contributed by atoms with Crippen LogP contribution in [0.1, 0.15) is 47.1 Å². The minimum atomic E-state index is -0.523. The zero-order valence-electron chi connectivity index (χ0n) is 24.2.